The van der Waals surface area contributed by atoms with E-state index in [4.69, 9.17) is 21.1 Å². The van der Waals surface area contributed by atoms with E-state index >= 15 is 0 Å². The van der Waals surface area contributed by atoms with Crippen LogP contribution in [0, 0.1) is 11.3 Å². The van der Waals surface area contributed by atoms with Gasteiger partial charge >= 0.3 is 5.97 Å². The van der Waals surface area contributed by atoms with Gasteiger partial charge in [0.1, 0.15) is 17.4 Å². The van der Waals surface area contributed by atoms with Gasteiger partial charge < -0.3 is 14.8 Å². The highest BCUT2D eigenvalue weighted by Gasteiger charge is 2.21. The summed E-state index contributed by atoms with van der Waals surface area (Å²) >= 11 is 5.98. The van der Waals surface area contributed by atoms with E-state index in [1.807, 2.05) is 0 Å². The predicted molar refractivity (Wildman–Crippen MR) is 102 cm³/mol. The van der Waals surface area contributed by atoms with E-state index in [1.165, 1.54) is 20.1 Å². The van der Waals surface area contributed by atoms with E-state index in [0.29, 0.717) is 22.0 Å². The summed E-state index contributed by atoms with van der Waals surface area (Å²) in [5, 5.41) is 12.2. The topological polar surface area (TPSA) is 88.4 Å². The molecule has 0 heterocycles. The second-order valence-corrected chi connectivity index (χ2v) is 5.87. The zero-order valence-electron chi connectivity index (χ0n) is 14.7. The van der Waals surface area contributed by atoms with Crippen molar-refractivity contribution in [1.29, 1.82) is 5.26 Å². The first-order chi connectivity index (χ1) is 12.9. The molecule has 0 saturated carbocycles. The maximum Gasteiger partial charge on any atom is 0.349 e. The molecule has 0 aromatic heterocycles. The van der Waals surface area contributed by atoms with Crippen LogP contribution in [0.5, 0.6) is 5.75 Å². The number of hydrogen-bond acceptors (Lipinski definition) is 5. The van der Waals surface area contributed by atoms with Crippen molar-refractivity contribution in [2.45, 2.75) is 13.0 Å². The van der Waals surface area contributed by atoms with Crippen LogP contribution in [0.2, 0.25) is 5.02 Å². The summed E-state index contributed by atoms with van der Waals surface area (Å²) in [7, 11) is 1.52. The fraction of sp³-hybridized carbons (Fsp3) is 0.150. The Balaban J connectivity index is 2.07. The van der Waals surface area contributed by atoms with Gasteiger partial charge in [0, 0.05) is 0 Å². The molecule has 0 aliphatic rings. The van der Waals surface area contributed by atoms with Crippen molar-refractivity contribution in [3.8, 4) is 11.8 Å². The summed E-state index contributed by atoms with van der Waals surface area (Å²) in [6, 6.07) is 15.3. The summed E-state index contributed by atoms with van der Waals surface area (Å²) in [5.74, 6) is -0.876. The first kappa shape index (κ1) is 20.0. The molecule has 2 aromatic rings. The smallest absolute Gasteiger partial charge is 0.349 e. The van der Waals surface area contributed by atoms with Crippen molar-refractivity contribution in [2.24, 2.45) is 0 Å². The van der Waals surface area contributed by atoms with Gasteiger partial charge in [-0.3, -0.25) is 4.79 Å². The molecule has 0 spiro atoms. The molecule has 0 radical (unpaired) electrons. The van der Waals surface area contributed by atoms with Gasteiger partial charge in [0.05, 0.1) is 17.8 Å². The minimum absolute atomic E-state index is 0.236. The Morgan fingerprint density at radius 2 is 1.96 bits per heavy atom. The fourth-order valence-electron chi connectivity index (χ4n) is 2.11. The van der Waals surface area contributed by atoms with Gasteiger partial charge in [-0.15, -0.1) is 0 Å². The summed E-state index contributed by atoms with van der Waals surface area (Å²) in [6.45, 7) is 1.41. The molecule has 7 heteroatoms. The van der Waals surface area contributed by atoms with Crippen LogP contribution in [0.4, 0.5) is 5.69 Å². The van der Waals surface area contributed by atoms with Gasteiger partial charge in [0.15, 0.2) is 6.10 Å². The minimum Gasteiger partial charge on any atom is -0.497 e. The summed E-state index contributed by atoms with van der Waals surface area (Å²) < 4.78 is 10.2. The molecule has 2 aromatic carbocycles. The van der Waals surface area contributed by atoms with E-state index in [2.05, 4.69) is 5.32 Å². The molecule has 27 heavy (non-hydrogen) atoms. The minimum atomic E-state index is -1.11. The second kappa shape index (κ2) is 9.41. The van der Waals surface area contributed by atoms with E-state index in [1.54, 1.807) is 54.6 Å². The number of nitrogens with zero attached hydrogens (tertiary/aromatic N) is 1. The summed E-state index contributed by atoms with van der Waals surface area (Å²) in [5.41, 5.74) is 0.760. The van der Waals surface area contributed by atoms with Gasteiger partial charge in [0.2, 0.25) is 0 Å². The molecule has 0 saturated heterocycles. The molecule has 1 N–H and O–H groups in total. The monoisotopic (exact) mass is 384 g/mol. The Morgan fingerprint density at radius 3 is 2.63 bits per heavy atom. The Labute approximate surface area is 162 Å². The van der Waals surface area contributed by atoms with Crippen molar-refractivity contribution in [1.82, 2.24) is 0 Å². The van der Waals surface area contributed by atoms with Gasteiger partial charge in [-0.1, -0.05) is 35.9 Å². The van der Waals surface area contributed by atoms with Crippen LogP contribution in [0.15, 0.2) is 54.1 Å². The number of anilines is 1. The lowest BCUT2D eigenvalue weighted by Gasteiger charge is -2.14. The van der Waals surface area contributed by atoms with Gasteiger partial charge in [-0.05, 0) is 42.8 Å². The number of carbonyl (C=O) groups is 2. The molecule has 1 atom stereocenters. The molecule has 0 bridgehead atoms. The van der Waals surface area contributed by atoms with Crippen LogP contribution < -0.4 is 10.1 Å². The Bertz CT molecular complexity index is 918. The van der Waals surface area contributed by atoms with Crippen LogP contribution in [0.25, 0.3) is 6.08 Å². The molecule has 0 fully saturated rings. The number of benzene rings is 2. The molecule has 0 aliphatic heterocycles. The molecular formula is C20H17ClN2O4. The first-order valence-electron chi connectivity index (χ1n) is 7.97. The van der Waals surface area contributed by atoms with Crippen molar-refractivity contribution in [3.05, 3.63) is 64.7 Å². The number of ether oxygens (including phenoxy) is 2. The highest BCUT2D eigenvalue weighted by Crippen LogP contribution is 2.21. The van der Waals surface area contributed by atoms with E-state index in [9.17, 15) is 14.9 Å². The first-order valence-corrected chi connectivity index (χ1v) is 8.34. The molecular weight excluding hydrogens is 368 g/mol. The highest BCUT2D eigenvalue weighted by molar-refractivity contribution is 6.33. The maximum atomic E-state index is 12.2. The lowest BCUT2D eigenvalue weighted by Crippen LogP contribution is -2.30. The zero-order chi connectivity index (χ0) is 19.8. The number of rotatable bonds is 6. The summed E-state index contributed by atoms with van der Waals surface area (Å²) in [4.78, 5) is 24.4. The van der Waals surface area contributed by atoms with Gasteiger partial charge in [-0.2, -0.15) is 5.26 Å². The average Bonchev–Trinajstić information content (AvgIpc) is 2.67. The predicted octanol–water partition coefficient (Wildman–Crippen LogP) is 3.83. The van der Waals surface area contributed by atoms with Crippen LogP contribution in [0.3, 0.4) is 0 Å². The van der Waals surface area contributed by atoms with Crippen LogP contribution in [-0.4, -0.2) is 25.1 Å². The third-order valence-electron chi connectivity index (χ3n) is 3.53. The van der Waals surface area contributed by atoms with Crippen molar-refractivity contribution < 1.29 is 19.1 Å². The Hall–Kier alpha value is -3.30. The van der Waals surface area contributed by atoms with Crippen molar-refractivity contribution in [3.63, 3.8) is 0 Å². The number of methoxy groups -OCH3 is 1. The molecule has 6 nitrogen and oxygen atoms in total. The third-order valence-corrected chi connectivity index (χ3v) is 3.86. The Morgan fingerprint density at radius 1 is 1.22 bits per heavy atom. The Kier molecular flexibility index (Phi) is 6.98. The second-order valence-electron chi connectivity index (χ2n) is 5.46. The van der Waals surface area contributed by atoms with Crippen LogP contribution in [0.1, 0.15) is 12.5 Å². The van der Waals surface area contributed by atoms with Gasteiger partial charge in [0.25, 0.3) is 5.91 Å². The van der Waals surface area contributed by atoms with Crippen molar-refractivity contribution in [2.75, 3.05) is 12.4 Å². The fourth-order valence-corrected chi connectivity index (χ4v) is 2.29. The van der Waals surface area contributed by atoms with E-state index < -0.39 is 18.0 Å². The summed E-state index contributed by atoms with van der Waals surface area (Å²) in [6.07, 6.45) is 0.250. The quantitative estimate of drug-likeness (QED) is 0.464. The number of nitriles is 1. The SMILES string of the molecule is COc1cccc(/C=C(\C#N)C(=O)O[C@@H](C)C(=O)Nc2ccccc2Cl)c1. The van der Waals surface area contributed by atoms with Crippen molar-refractivity contribution >= 4 is 35.2 Å². The number of carbonyl (C=O) groups excluding carboxylic acids is 2. The standard InChI is InChI=1S/C20H17ClN2O4/c1-13(19(24)23-18-9-4-3-8-17(18)21)27-20(25)15(12-22)10-14-6-5-7-16(11-14)26-2/h3-11,13H,1-2H3,(H,23,24)/b15-10+/t13-/m0/s1. The van der Waals surface area contributed by atoms with Gasteiger partial charge in [-0.25, -0.2) is 4.79 Å². The lowest BCUT2D eigenvalue weighted by atomic mass is 10.1. The largest absolute Gasteiger partial charge is 0.497 e. The average molecular weight is 385 g/mol. The molecule has 2 rings (SSSR count). The van der Waals surface area contributed by atoms with Crippen LogP contribution in [-0.2, 0) is 14.3 Å². The molecule has 138 valence electrons. The zero-order valence-corrected chi connectivity index (χ0v) is 15.5. The normalized spacial score (nSPS) is 11.9. The highest BCUT2D eigenvalue weighted by atomic mass is 35.5. The van der Waals surface area contributed by atoms with E-state index in [-0.39, 0.29) is 5.57 Å². The number of hydrogen-bond donors (Lipinski definition) is 1. The van der Waals surface area contributed by atoms with E-state index in [0.717, 1.165) is 0 Å². The molecule has 0 unspecified atom stereocenters. The number of halogens is 1. The number of amides is 1. The lowest BCUT2D eigenvalue weighted by molar-refractivity contribution is -0.148. The molecule has 1 amide bonds. The number of para-hydroxylation sites is 1. The number of esters is 1. The van der Waals surface area contributed by atoms with Crippen LogP contribution >= 0.6 is 11.6 Å². The third kappa shape index (κ3) is 5.59. The maximum absolute atomic E-state index is 12.2. The number of nitrogens with one attached hydrogen (secondary N) is 1. The molecule has 0 aliphatic carbocycles.